The van der Waals surface area contributed by atoms with Gasteiger partial charge >= 0.3 is 0 Å². The van der Waals surface area contributed by atoms with Crippen molar-refractivity contribution >= 4 is 10.9 Å². The molecule has 2 heterocycles. The van der Waals surface area contributed by atoms with Gasteiger partial charge in [0.25, 0.3) is 0 Å². The van der Waals surface area contributed by atoms with Crippen LogP contribution in [0.4, 0.5) is 0 Å². The molecule has 2 nitrogen and oxygen atoms in total. The van der Waals surface area contributed by atoms with Gasteiger partial charge in [-0.15, -0.1) is 0 Å². The Morgan fingerprint density at radius 1 is 1.30 bits per heavy atom. The Balaban J connectivity index is 2.07. The first-order chi connectivity index (χ1) is 9.69. The third-order valence-corrected chi connectivity index (χ3v) is 4.61. The third kappa shape index (κ3) is 2.45. The van der Waals surface area contributed by atoms with E-state index in [-0.39, 0.29) is 0 Å². The van der Waals surface area contributed by atoms with Crippen molar-refractivity contribution in [2.24, 2.45) is 0 Å². The van der Waals surface area contributed by atoms with Crippen molar-refractivity contribution in [3.63, 3.8) is 0 Å². The Morgan fingerprint density at radius 2 is 2.15 bits per heavy atom. The third-order valence-electron chi connectivity index (χ3n) is 4.61. The second-order valence-corrected chi connectivity index (χ2v) is 6.11. The summed E-state index contributed by atoms with van der Waals surface area (Å²) in [4.78, 5) is 7.32. The van der Waals surface area contributed by atoms with Crippen LogP contribution in [0.3, 0.4) is 0 Å². The second kappa shape index (κ2) is 5.53. The predicted octanol–water partition coefficient (Wildman–Crippen LogP) is 4.05. The van der Waals surface area contributed by atoms with Gasteiger partial charge in [-0.05, 0) is 68.5 Å². The summed E-state index contributed by atoms with van der Waals surface area (Å²) in [6.45, 7) is 10.2. The normalized spacial score (nSPS) is 20.4. The van der Waals surface area contributed by atoms with Gasteiger partial charge in [0, 0.05) is 18.1 Å². The topological polar surface area (TPSA) is 16.1 Å². The Bertz CT molecular complexity index is 618. The molecule has 0 amide bonds. The molecule has 0 aliphatic carbocycles. The maximum absolute atomic E-state index is 4.75. The second-order valence-electron chi connectivity index (χ2n) is 6.11. The highest BCUT2D eigenvalue weighted by Gasteiger charge is 2.23. The number of fused-ring (bicyclic) bond motifs is 1. The van der Waals surface area contributed by atoms with E-state index in [2.05, 4.69) is 43.9 Å². The number of likely N-dealkylation sites (tertiary alicyclic amines) is 1. The molecule has 0 saturated carbocycles. The fourth-order valence-electron chi connectivity index (χ4n) is 3.53. The van der Waals surface area contributed by atoms with Gasteiger partial charge in [-0.3, -0.25) is 4.98 Å². The van der Waals surface area contributed by atoms with Crippen molar-refractivity contribution in [1.29, 1.82) is 0 Å². The van der Waals surface area contributed by atoms with Gasteiger partial charge < -0.3 is 4.90 Å². The number of aryl methyl sites for hydroxylation is 2. The zero-order valence-corrected chi connectivity index (χ0v) is 12.8. The van der Waals surface area contributed by atoms with Crippen LogP contribution < -0.4 is 0 Å². The molecular weight excluding hydrogens is 244 g/mol. The molecule has 1 unspecified atom stereocenters. The van der Waals surface area contributed by atoms with E-state index in [1.54, 1.807) is 0 Å². The monoisotopic (exact) mass is 268 g/mol. The Kier molecular flexibility index (Phi) is 3.75. The summed E-state index contributed by atoms with van der Waals surface area (Å²) >= 11 is 0. The summed E-state index contributed by atoms with van der Waals surface area (Å²) in [7, 11) is 0. The number of benzene rings is 1. The highest BCUT2D eigenvalue weighted by atomic mass is 15.1. The van der Waals surface area contributed by atoms with Crippen LogP contribution in [0, 0.1) is 13.8 Å². The lowest BCUT2D eigenvalue weighted by atomic mass is 9.86. The van der Waals surface area contributed by atoms with Gasteiger partial charge in [0.2, 0.25) is 0 Å². The number of piperidine rings is 1. The van der Waals surface area contributed by atoms with Crippen LogP contribution in [0.1, 0.15) is 42.4 Å². The van der Waals surface area contributed by atoms with Crippen molar-refractivity contribution in [3.05, 3.63) is 41.1 Å². The minimum absolute atomic E-state index is 0.641. The molecular formula is C18H24N2. The number of likely N-dealkylation sites (N-methyl/N-ethyl adjacent to an activating group) is 1. The van der Waals surface area contributed by atoms with Gasteiger partial charge in [0.15, 0.2) is 0 Å². The minimum Gasteiger partial charge on any atom is -0.303 e. The molecule has 106 valence electrons. The van der Waals surface area contributed by atoms with E-state index < -0.39 is 0 Å². The first kappa shape index (κ1) is 13.6. The van der Waals surface area contributed by atoms with Crippen LogP contribution in [-0.2, 0) is 0 Å². The van der Waals surface area contributed by atoms with Crippen molar-refractivity contribution in [2.45, 2.75) is 39.5 Å². The van der Waals surface area contributed by atoms with Crippen molar-refractivity contribution < 1.29 is 0 Å². The highest BCUT2D eigenvalue weighted by molar-refractivity contribution is 5.84. The zero-order valence-electron chi connectivity index (χ0n) is 12.8. The fraction of sp³-hybridized carbons (Fsp3) is 0.500. The van der Waals surface area contributed by atoms with Gasteiger partial charge in [0.1, 0.15) is 0 Å². The number of pyridine rings is 1. The van der Waals surface area contributed by atoms with Gasteiger partial charge in [0.05, 0.1) is 5.52 Å². The van der Waals surface area contributed by atoms with Crippen LogP contribution in [0.2, 0.25) is 0 Å². The van der Waals surface area contributed by atoms with E-state index in [1.807, 2.05) is 6.20 Å². The maximum atomic E-state index is 4.75. The summed E-state index contributed by atoms with van der Waals surface area (Å²) in [5.41, 5.74) is 5.35. The summed E-state index contributed by atoms with van der Waals surface area (Å²) in [5.74, 6) is 0.641. The molecule has 1 atom stereocenters. The van der Waals surface area contributed by atoms with Crippen LogP contribution in [-0.4, -0.2) is 29.5 Å². The molecule has 1 aliphatic rings. The van der Waals surface area contributed by atoms with E-state index in [4.69, 9.17) is 4.98 Å². The van der Waals surface area contributed by atoms with Crippen molar-refractivity contribution in [3.8, 4) is 0 Å². The number of rotatable bonds is 2. The quantitative estimate of drug-likeness (QED) is 0.817. The van der Waals surface area contributed by atoms with E-state index in [1.165, 1.54) is 53.5 Å². The van der Waals surface area contributed by atoms with Crippen LogP contribution in [0.15, 0.2) is 24.4 Å². The number of aromatic nitrogens is 1. The van der Waals surface area contributed by atoms with Gasteiger partial charge in [-0.25, -0.2) is 0 Å². The molecule has 0 bridgehead atoms. The summed E-state index contributed by atoms with van der Waals surface area (Å²) in [5, 5.41) is 1.29. The summed E-state index contributed by atoms with van der Waals surface area (Å²) in [6, 6.07) is 6.74. The molecule has 0 spiro atoms. The Hall–Kier alpha value is -1.41. The number of nitrogens with zero attached hydrogens (tertiary/aromatic N) is 2. The lowest BCUT2D eigenvalue weighted by Gasteiger charge is -2.33. The van der Waals surface area contributed by atoms with E-state index >= 15 is 0 Å². The summed E-state index contributed by atoms with van der Waals surface area (Å²) in [6.07, 6.45) is 4.61. The first-order valence-corrected chi connectivity index (χ1v) is 7.77. The first-order valence-electron chi connectivity index (χ1n) is 7.77. The number of hydrogen-bond donors (Lipinski definition) is 0. The average molecular weight is 268 g/mol. The molecule has 0 radical (unpaired) electrons. The van der Waals surface area contributed by atoms with E-state index in [0.717, 1.165) is 6.54 Å². The van der Waals surface area contributed by atoms with Crippen LogP contribution in [0.25, 0.3) is 10.9 Å². The molecule has 2 aromatic rings. The molecule has 1 saturated heterocycles. The number of hydrogen-bond acceptors (Lipinski definition) is 2. The van der Waals surface area contributed by atoms with Gasteiger partial charge in [-0.1, -0.05) is 19.1 Å². The zero-order chi connectivity index (χ0) is 14.1. The van der Waals surface area contributed by atoms with E-state index in [9.17, 15) is 0 Å². The largest absolute Gasteiger partial charge is 0.303 e. The maximum Gasteiger partial charge on any atom is 0.0740 e. The molecule has 1 aromatic heterocycles. The van der Waals surface area contributed by atoms with Crippen molar-refractivity contribution in [1.82, 2.24) is 9.88 Å². The average Bonchev–Trinajstić information content (AvgIpc) is 2.47. The molecule has 1 fully saturated rings. The molecule has 1 aliphatic heterocycles. The highest BCUT2D eigenvalue weighted by Crippen LogP contribution is 2.33. The predicted molar refractivity (Wildman–Crippen MR) is 85.3 cm³/mol. The van der Waals surface area contributed by atoms with Crippen LogP contribution >= 0.6 is 0 Å². The molecule has 3 rings (SSSR count). The SMILES string of the molecule is CCN1CCCC(c2c(C)ccc3cc(C)cnc23)C1. The lowest BCUT2D eigenvalue weighted by Crippen LogP contribution is -2.34. The minimum atomic E-state index is 0.641. The van der Waals surface area contributed by atoms with Crippen LogP contribution in [0.5, 0.6) is 0 Å². The molecule has 2 heteroatoms. The summed E-state index contributed by atoms with van der Waals surface area (Å²) < 4.78 is 0. The molecule has 0 N–H and O–H groups in total. The fourth-order valence-corrected chi connectivity index (χ4v) is 3.53. The standard InChI is InChI=1S/C18H24N2/c1-4-20-9-5-6-16(12-20)17-14(3)7-8-15-10-13(2)11-19-18(15)17/h7-8,10-11,16H,4-6,9,12H2,1-3H3. The van der Waals surface area contributed by atoms with Crippen molar-refractivity contribution in [2.75, 3.05) is 19.6 Å². The Morgan fingerprint density at radius 3 is 2.95 bits per heavy atom. The Labute approximate surface area is 121 Å². The molecule has 20 heavy (non-hydrogen) atoms. The smallest absolute Gasteiger partial charge is 0.0740 e. The van der Waals surface area contributed by atoms with Gasteiger partial charge in [-0.2, -0.15) is 0 Å². The lowest BCUT2D eigenvalue weighted by molar-refractivity contribution is 0.218. The van der Waals surface area contributed by atoms with E-state index in [0.29, 0.717) is 5.92 Å². The molecule has 1 aromatic carbocycles.